The smallest absolute Gasteiger partial charge is 0.135 e. The van der Waals surface area contributed by atoms with Gasteiger partial charge in [0, 0.05) is 72.1 Å². The number of hydrogen-bond acceptors (Lipinski definition) is 4. The summed E-state index contributed by atoms with van der Waals surface area (Å²) in [6.45, 7) is 22.6. The predicted octanol–water partition coefficient (Wildman–Crippen LogP) is 16.0. The molecule has 0 aliphatic carbocycles. The van der Waals surface area contributed by atoms with Crippen LogP contribution in [0.25, 0.3) is 55.1 Å². The van der Waals surface area contributed by atoms with Crippen molar-refractivity contribution in [3.8, 4) is 23.0 Å². The van der Waals surface area contributed by atoms with E-state index in [4.69, 9.17) is 9.72 Å². The van der Waals surface area contributed by atoms with Crippen molar-refractivity contribution < 1.29 is 25.8 Å². The summed E-state index contributed by atoms with van der Waals surface area (Å²) < 4.78 is 11.6. The molecular formula is C60H54N5OPt-3. The van der Waals surface area contributed by atoms with Gasteiger partial charge in [0.25, 0.3) is 0 Å². The molecule has 0 bridgehead atoms. The molecule has 6 nitrogen and oxygen atoms in total. The molecule has 0 N–H and O–H groups in total. The maximum Gasteiger partial charge on any atom is 0.135 e. The molecule has 0 fully saturated rings. The summed E-state index contributed by atoms with van der Waals surface area (Å²) in [5.41, 5.74) is 13.0. The monoisotopic (exact) mass is 1060 g/mol. The number of rotatable bonds is 6. The zero-order chi connectivity index (χ0) is 45.7. The Morgan fingerprint density at radius 1 is 0.478 bits per heavy atom. The second-order valence-electron chi connectivity index (χ2n) is 20.7. The van der Waals surface area contributed by atoms with Crippen molar-refractivity contribution in [3.63, 3.8) is 0 Å². The molecule has 67 heavy (non-hydrogen) atoms. The molecule has 4 heterocycles. The van der Waals surface area contributed by atoms with Crippen molar-refractivity contribution in [2.75, 3.05) is 9.80 Å². The van der Waals surface area contributed by atoms with Crippen LogP contribution in [0.5, 0.6) is 11.5 Å². The fourth-order valence-corrected chi connectivity index (χ4v) is 9.51. The molecule has 7 aromatic carbocycles. The van der Waals surface area contributed by atoms with Gasteiger partial charge in [0.15, 0.2) is 0 Å². The maximum atomic E-state index is 7.01. The van der Waals surface area contributed by atoms with Crippen LogP contribution in [0.3, 0.4) is 0 Å². The largest absolute Gasteiger partial charge is 0.509 e. The summed E-state index contributed by atoms with van der Waals surface area (Å²) in [5.74, 6) is 1.99. The number of hydrogen-bond donors (Lipinski definition) is 0. The average molecular weight is 1060 g/mol. The Morgan fingerprint density at radius 3 is 1.64 bits per heavy atom. The summed E-state index contributed by atoms with van der Waals surface area (Å²) in [6, 6.07) is 61.6. The van der Waals surface area contributed by atoms with Crippen molar-refractivity contribution in [3.05, 3.63) is 193 Å². The normalized spacial score (nSPS) is 13.2. The number of fused-ring (bicyclic) bond motifs is 7. The molecule has 1 aliphatic rings. The molecule has 0 unspecified atom stereocenters. The topological polar surface area (TPSA) is 38.5 Å². The van der Waals surface area contributed by atoms with E-state index in [0.717, 1.165) is 67.1 Å². The molecule has 0 radical (unpaired) electrons. The van der Waals surface area contributed by atoms with Gasteiger partial charge in [-0.15, -0.1) is 42.7 Å². The van der Waals surface area contributed by atoms with Crippen LogP contribution >= 0.6 is 0 Å². The van der Waals surface area contributed by atoms with Crippen LogP contribution in [0.2, 0.25) is 0 Å². The van der Waals surface area contributed by atoms with E-state index in [2.05, 4.69) is 240 Å². The molecule has 0 saturated heterocycles. The van der Waals surface area contributed by atoms with E-state index in [1.165, 1.54) is 27.5 Å². The number of pyridine rings is 1. The molecule has 1 aliphatic heterocycles. The second kappa shape index (κ2) is 16.3. The predicted molar refractivity (Wildman–Crippen MR) is 275 cm³/mol. The van der Waals surface area contributed by atoms with Gasteiger partial charge in [-0.2, -0.15) is 6.07 Å². The van der Waals surface area contributed by atoms with Crippen LogP contribution in [-0.2, 0) is 37.3 Å². The van der Waals surface area contributed by atoms with E-state index < -0.39 is 0 Å². The van der Waals surface area contributed by atoms with Gasteiger partial charge in [0.05, 0.1) is 11.0 Å². The molecule has 10 aromatic rings. The average Bonchev–Trinajstić information content (AvgIpc) is 3.96. The third kappa shape index (κ3) is 7.70. The first-order valence-electron chi connectivity index (χ1n) is 23.0. The van der Waals surface area contributed by atoms with E-state index in [9.17, 15) is 0 Å². The van der Waals surface area contributed by atoms with Crippen molar-refractivity contribution in [2.24, 2.45) is 0 Å². The number of anilines is 4. The molecular weight excluding hydrogens is 1000 g/mol. The molecule has 11 rings (SSSR count). The van der Waals surface area contributed by atoms with Crippen molar-refractivity contribution in [1.29, 1.82) is 0 Å². The van der Waals surface area contributed by atoms with Gasteiger partial charge in [-0.25, -0.2) is 4.98 Å². The van der Waals surface area contributed by atoms with Gasteiger partial charge in [-0.3, -0.25) is 0 Å². The Hall–Kier alpha value is -6.62. The van der Waals surface area contributed by atoms with Crippen LogP contribution in [0.15, 0.2) is 158 Å². The third-order valence-electron chi connectivity index (χ3n) is 13.1. The van der Waals surface area contributed by atoms with Crippen LogP contribution in [0.1, 0.15) is 79.0 Å². The van der Waals surface area contributed by atoms with Crippen molar-refractivity contribution in [2.45, 2.75) is 78.6 Å². The van der Waals surface area contributed by atoms with Crippen LogP contribution in [-0.4, -0.2) is 14.1 Å². The Bertz CT molecular complexity index is 3440. The molecule has 0 amide bonds. The van der Waals surface area contributed by atoms with Crippen molar-refractivity contribution in [1.82, 2.24) is 14.1 Å². The van der Waals surface area contributed by atoms with Crippen LogP contribution in [0.4, 0.5) is 22.7 Å². The first-order valence-corrected chi connectivity index (χ1v) is 23.0. The molecule has 7 heteroatoms. The molecule has 0 atom stereocenters. The SMILES string of the molecule is CC(C)(C)c1cc(N2[CH-]N(c3[c-]c(Oc4[c-]c5c(c(-n6c7ccccc7c7ccccc76)c4)c4ccccc4n5-c4cc(C(C)(C)C)ccn4)ccc3)c3ccccc32)cc(C(C)(C)C)c1.[Pt]. The fourth-order valence-electron chi connectivity index (χ4n) is 9.51. The molecule has 0 saturated carbocycles. The first-order chi connectivity index (χ1) is 31.6. The number of para-hydroxylation sites is 5. The van der Waals surface area contributed by atoms with Gasteiger partial charge in [0.2, 0.25) is 0 Å². The Kier molecular flexibility index (Phi) is 10.8. The van der Waals surface area contributed by atoms with Gasteiger partial charge in [-0.1, -0.05) is 146 Å². The van der Waals surface area contributed by atoms with Gasteiger partial charge in [0.1, 0.15) is 5.82 Å². The van der Waals surface area contributed by atoms with E-state index in [-0.39, 0.29) is 37.3 Å². The van der Waals surface area contributed by atoms with E-state index in [1.54, 1.807) is 0 Å². The number of aromatic nitrogens is 3. The Morgan fingerprint density at radius 2 is 1.03 bits per heavy atom. The quantitative estimate of drug-likeness (QED) is 0.156. The van der Waals surface area contributed by atoms with E-state index in [1.807, 2.05) is 18.3 Å². The first kappa shape index (κ1) is 44.2. The summed E-state index contributed by atoms with van der Waals surface area (Å²) in [4.78, 5) is 9.53. The standard InChI is InChI=1S/C60H54N5O.Pt/c1-58(2,3)39-29-30-61-56(34-39)65-51-26-15-12-23-48(51)57-54(64-49-24-13-10-21-46(49)47-22-11-14-25-50(47)64)36-45(37-55(57)65)66-44-20-18-19-42(35-44)62-38-63(53-28-17-16-27-52(53)62)43-32-40(59(4,5)6)31-41(33-43)60(7,8)9;/h10-34,36,38H,1-9H3;/q-3;. The molecule has 0 spiro atoms. The Labute approximate surface area is 408 Å². The summed E-state index contributed by atoms with van der Waals surface area (Å²) in [6.07, 6.45) is 1.92. The minimum absolute atomic E-state index is 0. The van der Waals surface area contributed by atoms with Gasteiger partial charge >= 0.3 is 0 Å². The second-order valence-corrected chi connectivity index (χ2v) is 20.7. The van der Waals surface area contributed by atoms with Gasteiger partial charge in [-0.05, 0) is 98.6 Å². The molecule has 3 aromatic heterocycles. The summed E-state index contributed by atoms with van der Waals surface area (Å²) in [7, 11) is 0. The number of nitrogens with zero attached hydrogens (tertiary/aromatic N) is 5. The Balaban J connectivity index is 0.00000525. The van der Waals surface area contributed by atoms with E-state index in [0.29, 0.717) is 11.5 Å². The van der Waals surface area contributed by atoms with Crippen LogP contribution < -0.4 is 14.5 Å². The summed E-state index contributed by atoms with van der Waals surface area (Å²) in [5, 5.41) is 4.56. The zero-order valence-corrected chi connectivity index (χ0v) is 41.8. The minimum atomic E-state index is -0.0699. The van der Waals surface area contributed by atoms with Gasteiger partial charge < -0.3 is 23.7 Å². The number of benzene rings is 7. The zero-order valence-electron chi connectivity index (χ0n) is 39.5. The maximum absolute atomic E-state index is 7.01. The summed E-state index contributed by atoms with van der Waals surface area (Å²) >= 11 is 0. The minimum Gasteiger partial charge on any atom is -0.509 e. The molecule has 338 valence electrons. The van der Waals surface area contributed by atoms with Crippen LogP contribution in [0, 0.1) is 18.8 Å². The number of ether oxygens (including phenoxy) is 1. The third-order valence-corrected chi connectivity index (χ3v) is 13.1. The van der Waals surface area contributed by atoms with Crippen molar-refractivity contribution >= 4 is 66.4 Å². The van der Waals surface area contributed by atoms with E-state index >= 15 is 0 Å². The fraction of sp³-hybridized carbons (Fsp3) is 0.200.